The van der Waals surface area contributed by atoms with Crippen LogP contribution in [0, 0.1) is 5.82 Å². The van der Waals surface area contributed by atoms with Gasteiger partial charge in [0.1, 0.15) is 28.6 Å². The molecule has 1 aliphatic heterocycles. The van der Waals surface area contributed by atoms with Gasteiger partial charge in [-0.15, -0.1) is 0 Å². The number of hydrogen-bond acceptors (Lipinski definition) is 6. The summed E-state index contributed by atoms with van der Waals surface area (Å²) < 4.78 is 80.3. The van der Waals surface area contributed by atoms with Crippen LogP contribution >= 0.6 is 0 Å². The van der Waals surface area contributed by atoms with Crippen molar-refractivity contribution in [3.63, 3.8) is 0 Å². The molecular formula is C27H22F6N6O3. The highest BCUT2D eigenvalue weighted by atomic mass is 19.4. The number of carboxylic acids is 1. The van der Waals surface area contributed by atoms with Crippen molar-refractivity contribution in [1.82, 2.24) is 19.7 Å². The van der Waals surface area contributed by atoms with Crippen molar-refractivity contribution in [1.29, 1.82) is 0 Å². The number of rotatable bonds is 8. The number of halogens is 6. The van der Waals surface area contributed by atoms with Gasteiger partial charge in [0.25, 0.3) is 0 Å². The van der Waals surface area contributed by atoms with Crippen LogP contribution in [0.5, 0.6) is 0 Å². The number of hydrogen-bond donors (Lipinski definition) is 3. The van der Waals surface area contributed by atoms with E-state index in [0.717, 1.165) is 22.4 Å². The third kappa shape index (κ3) is 4.88. The molecule has 5 rings (SSSR count). The first-order valence-electron chi connectivity index (χ1n) is 12.5. The fourth-order valence-corrected chi connectivity index (χ4v) is 4.92. The molecule has 0 fully saturated rings. The molecule has 0 radical (unpaired) electrons. The Morgan fingerprint density at radius 1 is 1.10 bits per heavy atom. The van der Waals surface area contributed by atoms with Gasteiger partial charge in [0.2, 0.25) is 5.91 Å². The predicted molar refractivity (Wildman–Crippen MR) is 138 cm³/mol. The number of aliphatic carboxylic acids is 1. The van der Waals surface area contributed by atoms with E-state index in [-0.39, 0.29) is 46.0 Å². The Hall–Kier alpha value is -4.69. The monoisotopic (exact) mass is 592 g/mol. The third-order valence-corrected chi connectivity index (χ3v) is 7.26. The molecular weight excluding hydrogens is 570 g/mol. The van der Waals surface area contributed by atoms with Crippen LogP contribution in [0.2, 0.25) is 0 Å². The third-order valence-electron chi connectivity index (χ3n) is 7.26. The fraction of sp³-hybridized carbons (Fsp3) is 0.296. The molecule has 9 nitrogen and oxygen atoms in total. The van der Waals surface area contributed by atoms with Crippen molar-refractivity contribution in [2.75, 3.05) is 11.1 Å². The molecule has 0 bridgehead atoms. The van der Waals surface area contributed by atoms with Crippen LogP contribution < -0.4 is 11.1 Å². The first-order valence-corrected chi connectivity index (χ1v) is 12.5. The number of nitrogens with two attached hydrogens (primary N) is 1. The smallest absolute Gasteiger partial charge is 0.453 e. The van der Waals surface area contributed by atoms with Crippen LogP contribution in [-0.2, 0) is 28.0 Å². The lowest BCUT2D eigenvalue weighted by Gasteiger charge is -2.23. The second-order valence-electron chi connectivity index (χ2n) is 10.0. The SMILES string of the molecule is C[C@@]1(c2ccc(CCC(=O)O)cc2)C(=O)Nc2nc(-c3nn(CCC(F)(F)C(F)(F)F)c4cc(F)ccc34)nc(N)c21. The van der Waals surface area contributed by atoms with Gasteiger partial charge in [-0.2, -0.15) is 27.1 Å². The molecule has 42 heavy (non-hydrogen) atoms. The number of alkyl halides is 5. The van der Waals surface area contributed by atoms with E-state index in [2.05, 4.69) is 20.4 Å². The predicted octanol–water partition coefficient (Wildman–Crippen LogP) is 5.08. The zero-order valence-corrected chi connectivity index (χ0v) is 21.8. The Kier molecular flexibility index (Phi) is 6.86. The molecule has 2 aromatic heterocycles. The van der Waals surface area contributed by atoms with Crippen LogP contribution in [0.1, 0.15) is 36.5 Å². The Morgan fingerprint density at radius 2 is 1.79 bits per heavy atom. The average molecular weight is 592 g/mol. The summed E-state index contributed by atoms with van der Waals surface area (Å²) in [6.45, 7) is 0.706. The van der Waals surface area contributed by atoms with E-state index in [1.165, 1.54) is 6.07 Å². The topological polar surface area (TPSA) is 136 Å². The zero-order valence-electron chi connectivity index (χ0n) is 21.8. The molecule has 15 heteroatoms. The number of carbonyl (C=O) groups is 2. The van der Waals surface area contributed by atoms with Gasteiger partial charge in [-0.25, -0.2) is 14.4 Å². The average Bonchev–Trinajstić information content (AvgIpc) is 3.40. The summed E-state index contributed by atoms with van der Waals surface area (Å²) in [5, 5.41) is 15.8. The van der Waals surface area contributed by atoms with E-state index in [0.29, 0.717) is 12.0 Å². The number of anilines is 2. The van der Waals surface area contributed by atoms with Crippen LogP contribution in [-0.4, -0.2) is 48.8 Å². The number of benzene rings is 2. The van der Waals surface area contributed by atoms with E-state index in [9.17, 15) is 35.9 Å². The zero-order chi connectivity index (χ0) is 30.6. The van der Waals surface area contributed by atoms with Crippen molar-refractivity contribution in [3.05, 3.63) is 65.0 Å². The lowest BCUT2D eigenvalue weighted by atomic mass is 9.77. The maximum absolute atomic E-state index is 14.0. The first-order chi connectivity index (χ1) is 19.6. The molecule has 2 aromatic carbocycles. The maximum Gasteiger partial charge on any atom is 0.453 e. The molecule has 0 aliphatic carbocycles. The summed E-state index contributed by atoms with van der Waals surface area (Å²) >= 11 is 0. The maximum atomic E-state index is 14.0. The van der Waals surface area contributed by atoms with Crippen LogP contribution in [0.25, 0.3) is 22.4 Å². The molecule has 1 aliphatic rings. The number of nitrogens with zero attached hydrogens (tertiary/aromatic N) is 4. The minimum absolute atomic E-state index is 0.0355. The highest BCUT2D eigenvalue weighted by Gasteiger charge is 2.56. The molecule has 220 valence electrons. The molecule has 0 saturated carbocycles. The van der Waals surface area contributed by atoms with Gasteiger partial charge in [0, 0.05) is 24.8 Å². The summed E-state index contributed by atoms with van der Waals surface area (Å²) in [6, 6.07) is 9.97. The van der Waals surface area contributed by atoms with E-state index in [4.69, 9.17) is 10.8 Å². The van der Waals surface area contributed by atoms with Crippen molar-refractivity contribution in [2.45, 2.75) is 50.2 Å². The number of aryl methyl sites for hydroxylation is 2. The second kappa shape index (κ2) is 9.99. The number of aromatic nitrogens is 4. The van der Waals surface area contributed by atoms with E-state index in [1.54, 1.807) is 31.2 Å². The van der Waals surface area contributed by atoms with Crippen molar-refractivity contribution < 1.29 is 41.0 Å². The number of amides is 1. The molecule has 1 atom stereocenters. The Morgan fingerprint density at radius 3 is 2.43 bits per heavy atom. The number of fused-ring (bicyclic) bond motifs is 2. The van der Waals surface area contributed by atoms with Gasteiger partial charge in [-0.05, 0) is 42.7 Å². The van der Waals surface area contributed by atoms with E-state index in [1.807, 2.05) is 0 Å². The highest BCUT2D eigenvalue weighted by molar-refractivity contribution is 6.09. The summed E-state index contributed by atoms with van der Waals surface area (Å²) in [7, 11) is 0. The molecule has 1 amide bonds. The minimum Gasteiger partial charge on any atom is -0.481 e. The van der Waals surface area contributed by atoms with Gasteiger partial charge >= 0.3 is 18.1 Å². The molecule has 4 aromatic rings. The summed E-state index contributed by atoms with van der Waals surface area (Å²) in [5.74, 6) is -7.47. The fourth-order valence-electron chi connectivity index (χ4n) is 4.92. The lowest BCUT2D eigenvalue weighted by Crippen LogP contribution is -2.37. The summed E-state index contributed by atoms with van der Waals surface area (Å²) in [5.41, 5.74) is 6.35. The van der Waals surface area contributed by atoms with Crippen molar-refractivity contribution in [2.24, 2.45) is 0 Å². The molecule has 0 saturated heterocycles. The highest BCUT2D eigenvalue weighted by Crippen LogP contribution is 2.45. The summed E-state index contributed by atoms with van der Waals surface area (Å²) in [4.78, 5) is 32.8. The van der Waals surface area contributed by atoms with Crippen LogP contribution in [0.3, 0.4) is 0 Å². The normalized spacial score (nSPS) is 17.0. The van der Waals surface area contributed by atoms with Crippen molar-refractivity contribution in [3.8, 4) is 11.5 Å². The van der Waals surface area contributed by atoms with Crippen LogP contribution in [0.4, 0.5) is 38.0 Å². The van der Waals surface area contributed by atoms with Gasteiger partial charge in [0.15, 0.2) is 5.82 Å². The largest absolute Gasteiger partial charge is 0.481 e. The van der Waals surface area contributed by atoms with Crippen LogP contribution in [0.15, 0.2) is 42.5 Å². The first kappa shape index (κ1) is 28.8. The number of nitrogens with one attached hydrogen (secondary N) is 1. The molecule has 3 heterocycles. The molecule has 0 spiro atoms. The number of carboxylic acid groups (broad SMARTS) is 1. The lowest BCUT2D eigenvalue weighted by molar-refractivity contribution is -0.285. The van der Waals surface area contributed by atoms with Gasteiger partial charge in [0.05, 0.1) is 11.1 Å². The number of carbonyl (C=O) groups excluding carboxylic acids is 1. The summed E-state index contributed by atoms with van der Waals surface area (Å²) in [6.07, 6.45) is -7.18. The Balaban J connectivity index is 1.54. The van der Waals surface area contributed by atoms with Crippen molar-refractivity contribution >= 4 is 34.4 Å². The number of nitrogen functional groups attached to an aromatic ring is 1. The Labute approximate surface area is 233 Å². The minimum atomic E-state index is -5.77. The van der Waals surface area contributed by atoms with E-state index >= 15 is 0 Å². The van der Waals surface area contributed by atoms with Gasteiger partial charge in [-0.1, -0.05) is 24.3 Å². The van der Waals surface area contributed by atoms with Gasteiger partial charge < -0.3 is 16.2 Å². The van der Waals surface area contributed by atoms with E-state index < -0.39 is 48.2 Å². The Bertz CT molecular complexity index is 1720. The van der Waals surface area contributed by atoms with Gasteiger partial charge in [-0.3, -0.25) is 14.3 Å². The molecule has 4 N–H and O–H groups in total. The molecule has 0 unspecified atom stereocenters. The standard InChI is InChI=1S/C27H22F6N6O3/c1-25(14-5-2-13(3-6-14)4-9-18(40)41)19-21(34)35-23(36-22(19)37-24(25)42)20-16-8-7-15(28)12-17(16)39(38-20)11-10-26(29,30)27(31,32)33/h2-3,5-8,12H,4,9-11H2,1H3,(H,40,41)(H3,34,35,36,37,42)/t25-/m0/s1. The quantitative estimate of drug-likeness (QED) is 0.243. The second-order valence-corrected chi connectivity index (χ2v) is 10.0.